The van der Waals surface area contributed by atoms with Crippen LogP contribution in [-0.4, -0.2) is 42.3 Å². The van der Waals surface area contributed by atoms with Crippen LogP contribution in [0.5, 0.6) is 0 Å². The minimum absolute atomic E-state index is 0.0997. The van der Waals surface area contributed by atoms with Gasteiger partial charge in [0.1, 0.15) is 13.1 Å². The van der Waals surface area contributed by atoms with E-state index in [0.29, 0.717) is 17.8 Å². The second-order valence-corrected chi connectivity index (χ2v) is 6.78. The fourth-order valence-corrected chi connectivity index (χ4v) is 3.23. The normalized spacial score (nSPS) is 15.2. The van der Waals surface area contributed by atoms with E-state index in [1.165, 1.54) is 12.1 Å². The third-order valence-electron chi connectivity index (χ3n) is 4.77. The Labute approximate surface area is 173 Å². The van der Waals surface area contributed by atoms with Crippen LogP contribution in [0.2, 0.25) is 0 Å². The quantitative estimate of drug-likeness (QED) is 0.745. The van der Waals surface area contributed by atoms with Crippen molar-refractivity contribution in [3.8, 4) is 12.1 Å². The van der Waals surface area contributed by atoms with Gasteiger partial charge in [-0.1, -0.05) is 18.2 Å². The van der Waals surface area contributed by atoms with Crippen molar-refractivity contribution in [2.45, 2.75) is 6.42 Å². The van der Waals surface area contributed by atoms with Gasteiger partial charge in [0, 0.05) is 29.9 Å². The number of nitrogens with zero attached hydrogens (tertiary/aromatic N) is 4. The predicted molar refractivity (Wildman–Crippen MR) is 109 cm³/mol. The monoisotopic (exact) mass is 401 g/mol. The van der Waals surface area contributed by atoms with E-state index in [0.717, 1.165) is 10.6 Å². The lowest BCUT2D eigenvalue weighted by Gasteiger charge is -2.17. The number of para-hydroxylation sites is 1. The average molecular weight is 401 g/mol. The Balaban J connectivity index is 1.62. The molecule has 8 nitrogen and oxygen atoms in total. The maximum absolute atomic E-state index is 12.6. The predicted octanol–water partition coefficient (Wildman–Crippen LogP) is 2.17. The van der Waals surface area contributed by atoms with E-state index in [1.807, 2.05) is 42.5 Å². The molecule has 0 aromatic heterocycles. The summed E-state index contributed by atoms with van der Waals surface area (Å²) in [5, 5.41) is 20.4. The topological polar surface area (TPSA) is 117 Å². The van der Waals surface area contributed by atoms with Gasteiger partial charge in [0.2, 0.25) is 11.8 Å². The molecule has 0 saturated carbocycles. The lowest BCUT2D eigenvalue weighted by atomic mass is 10.1. The molecular formula is C22H19N5O3. The molecule has 0 aliphatic carbocycles. The van der Waals surface area contributed by atoms with E-state index in [-0.39, 0.29) is 31.3 Å². The molecule has 30 heavy (non-hydrogen) atoms. The molecule has 2 aromatic carbocycles. The maximum Gasteiger partial charge on any atom is 0.255 e. The third-order valence-corrected chi connectivity index (χ3v) is 4.77. The van der Waals surface area contributed by atoms with Crippen molar-refractivity contribution in [2.75, 3.05) is 29.9 Å². The molecular weight excluding hydrogens is 382 g/mol. The first-order valence-electron chi connectivity index (χ1n) is 9.33. The molecule has 1 saturated heterocycles. The average Bonchev–Trinajstić information content (AvgIpc) is 3.16. The van der Waals surface area contributed by atoms with Crippen LogP contribution in [0, 0.1) is 28.6 Å². The van der Waals surface area contributed by atoms with Gasteiger partial charge in [0.05, 0.1) is 18.1 Å². The summed E-state index contributed by atoms with van der Waals surface area (Å²) < 4.78 is 0. The number of benzene rings is 2. The smallest absolute Gasteiger partial charge is 0.255 e. The second kappa shape index (κ2) is 9.35. The Bertz CT molecular complexity index is 1010. The van der Waals surface area contributed by atoms with Gasteiger partial charge >= 0.3 is 0 Å². The summed E-state index contributed by atoms with van der Waals surface area (Å²) >= 11 is 0. The molecule has 0 spiro atoms. The highest BCUT2D eigenvalue weighted by Crippen LogP contribution is 2.26. The highest BCUT2D eigenvalue weighted by molar-refractivity contribution is 6.03. The van der Waals surface area contributed by atoms with Crippen molar-refractivity contribution in [1.82, 2.24) is 4.90 Å². The van der Waals surface area contributed by atoms with Crippen LogP contribution in [0.3, 0.4) is 0 Å². The van der Waals surface area contributed by atoms with Gasteiger partial charge in [-0.05, 0) is 36.4 Å². The number of amides is 3. The lowest BCUT2D eigenvalue weighted by Crippen LogP contribution is -2.31. The Morgan fingerprint density at radius 1 is 1.03 bits per heavy atom. The van der Waals surface area contributed by atoms with Crippen LogP contribution in [0.1, 0.15) is 16.8 Å². The standard InChI is InChI=1S/C22H19N5O3/c23-10-12-26(13-11-24)22(30)16-6-8-18(9-7-16)25-21(29)17-14-20(28)27(15-17)19-4-2-1-3-5-19/h1-9,17H,12-15H2,(H,25,29). The molecule has 3 rings (SSSR count). The van der Waals surface area contributed by atoms with E-state index >= 15 is 0 Å². The minimum Gasteiger partial charge on any atom is -0.326 e. The van der Waals surface area contributed by atoms with Gasteiger partial charge in [0.15, 0.2) is 0 Å². The zero-order valence-electron chi connectivity index (χ0n) is 16.1. The molecule has 3 amide bonds. The molecule has 1 N–H and O–H groups in total. The molecule has 1 atom stereocenters. The molecule has 0 bridgehead atoms. The number of hydrogen-bond acceptors (Lipinski definition) is 5. The van der Waals surface area contributed by atoms with Crippen LogP contribution < -0.4 is 10.2 Å². The number of carbonyl (C=O) groups excluding carboxylic acids is 3. The molecule has 2 aromatic rings. The summed E-state index contributed by atoms with van der Waals surface area (Å²) in [6.45, 7) is -0.0560. The first kappa shape index (κ1) is 20.6. The SMILES string of the molecule is N#CCN(CC#N)C(=O)c1ccc(NC(=O)C2CC(=O)N(c3ccccc3)C2)cc1. The van der Waals surface area contributed by atoms with Crippen molar-refractivity contribution in [2.24, 2.45) is 5.92 Å². The van der Waals surface area contributed by atoms with E-state index < -0.39 is 11.8 Å². The number of nitrogens with one attached hydrogen (secondary N) is 1. The van der Waals surface area contributed by atoms with Crippen molar-refractivity contribution in [1.29, 1.82) is 10.5 Å². The van der Waals surface area contributed by atoms with Gasteiger partial charge in [0.25, 0.3) is 5.91 Å². The first-order chi connectivity index (χ1) is 14.5. The minimum atomic E-state index is -0.472. The van der Waals surface area contributed by atoms with Gasteiger partial charge in [-0.15, -0.1) is 0 Å². The number of carbonyl (C=O) groups is 3. The highest BCUT2D eigenvalue weighted by Gasteiger charge is 2.35. The van der Waals surface area contributed by atoms with Crippen LogP contribution in [0.4, 0.5) is 11.4 Å². The maximum atomic E-state index is 12.6. The molecule has 1 fully saturated rings. The second-order valence-electron chi connectivity index (χ2n) is 6.78. The number of nitriles is 2. The van der Waals surface area contributed by atoms with Gasteiger partial charge in [-0.2, -0.15) is 10.5 Å². The number of anilines is 2. The fraction of sp³-hybridized carbons (Fsp3) is 0.227. The van der Waals surface area contributed by atoms with Gasteiger partial charge < -0.3 is 15.1 Å². The first-order valence-corrected chi connectivity index (χ1v) is 9.33. The summed E-state index contributed by atoms with van der Waals surface area (Å²) in [5.74, 6) is -1.27. The fourth-order valence-electron chi connectivity index (χ4n) is 3.23. The Morgan fingerprint density at radius 3 is 2.27 bits per heavy atom. The number of rotatable bonds is 6. The van der Waals surface area contributed by atoms with Crippen LogP contribution >= 0.6 is 0 Å². The third kappa shape index (κ3) is 4.62. The summed E-state index contributed by atoms with van der Waals surface area (Å²) in [5.41, 5.74) is 1.57. The van der Waals surface area contributed by atoms with E-state index in [1.54, 1.807) is 17.0 Å². The summed E-state index contributed by atoms with van der Waals surface area (Å²) in [6, 6.07) is 19.1. The molecule has 150 valence electrons. The summed E-state index contributed by atoms with van der Waals surface area (Å²) in [6.07, 6.45) is 0.134. The van der Waals surface area contributed by atoms with E-state index in [4.69, 9.17) is 10.5 Å². The van der Waals surface area contributed by atoms with Crippen molar-refractivity contribution in [3.05, 3.63) is 60.2 Å². The Hall–Kier alpha value is -4.17. The molecule has 1 heterocycles. The van der Waals surface area contributed by atoms with Gasteiger partial charge in [-0.25, -0.2) is 0 Å². The molecule has 1 aliphatic rings. The van der Waals surface area contributed by atoms with Crippen LogP contribution in [0.25, 0.3) is 0 Å². The Kier molecular flexibility index (Phi) is 6.41. The van der Waals surface area contributed by atoms with Crippen LogP contribution in [0.15, 0.2) is 54.6 Å². The molecule has 1 aliphatic heterocycles. The largest absolute Gasteiger partial charge is 0.326 e. The summed E-state index contributed by atoms with van der Waals surface area (Å²) in [4.78, 5) is 40.0. The summed E-state index contributed by atoms with van der Waals surface area (Å²) in [7, 11) is 0. The van der Waals surface area contributed by atoms with Crippen molar-refractivity contribution < 1.29 is 14.4 Å². The van der Waals surface area contributed by atoms with Crippen LogP contribution in [-0.2, 0) is 9.59 Å². The van der Waals surface area contributed by atoms with Crippen molar-refractivity contribution >= 4 is 29.1 Å². The lowest BCUT2D eigenvalue weighted by molar-refractivity contribution is -0.122. The highest BCUT2D eigenvalue weighted by atomic mass is 16.2. The molecule has 1 unspecified atom stereocenters. The van der Waals surface area contributed by atoms with Crippen molar-refractivity contribution in [3.63, 3.8) is 0 Å². The zero-order chi connectivity index (χ0) is 21.5. The number of hydrogen-bond donors (Lipinski definition) is 1. The van der Waals surface area contributed by atoms with Gasteiger partial charge in [-0.3, -0.25) is 14.4 Å². The molecule has 8 heteroatoms. The molecule has 0 radical (unpaired) electrons. The Morgan fingerprint density at radius 2 is 1.67 bits per heavy atom. The zero-order valence-corrected chi connectivity index (χ0v) is 16.1. The van der Waals surface area contributed by atoms with E-state index in [2.05, 4.69) is 5.32 Å². The van der Waals surface area contributed by atoms with E-state index in [9.17, 15) is 14.4 Å².